The number of amides is 1. The Morgan fingerprint density at radius 1 is 0.857 bits per heavy atom. The van der Waals surface area contributed by atoms with Gasteiger partial charge in [0.25, 0.3) is 5.91 Å². The van der Waals surface area contributed by atoms with Crippen LogP contribution in [0.3, 0.4) is 0 Å². The first kappa shape index (κ1) is 19.8. The fraction of sp³-hybridized carbons (Fsp3) is 0.174. The molecule has 0 radical (unpaired) electrons. The van der Waals surface area contributed by atoms with Crippen molar-refractivity contribution in [3.8, 4) is 0 Å². The van der Waals surface area contributed by atoms with Gasteiger partial charge in [-0.15, -0.1) is 0 Å². The lowest BCUT2D eigenvalue weighted by atomic mass is 10.1. The Hall–Kier alpha value is -2.92. The summed E-state index contributed by atoms with van der Waals surface area (Å²) < 4.78 is 25.1. The van der Waals surface area contributed by atoms with E-state index in [9.17, 15) is 13.2 Å². The quantitative estimate of drug-likeness (QED) is 0.661. The average Bonchev–Trinajstić information content (AvgIpc) is 2.68. The molecule has 0 atom stereocenters. The number of nitrogens with one attached hydrogen (secondary N) is 1. The minimum absolute atomic E-state index is 0.137. The molecule has 1 amide bonds. The van der Waals surface area contributed by atoms with Crippen LogP contribution in [0.25, 0.3) is 0 Å². The van der Waals surface area contributed by atoms with Crippen molar-refractivity contribution in [2.24, 2.45) is 0 Å². The predicted octanol–water partition coefficient (Wildman–Crippen LogP) is 3.94. The molecule has 0 saturated heterocycles. The van der Waals surface area contributed by atoms with E-state index in [1.807, 2.05) is 25.1 Å². The summed E-state index contributed by atoms with van der Waals surface area (Å²) in [7, 11) is -3.44. The molecular weight excluding hydrogens is 370 g/mol. The standard InChI is InChI=1S/C23H23NO3S/c1-18-7-5-8-19(15-18)13-14-24-23(25)21-10-6-9-20(16-21)17-28(26,27)22-11-3-2-4-12-22/h2-12,15-16H,13-14,17H2,1H3,(H,24,25). The second-order valence-corrected chi connectivity index (χ2v) is 8.76. The summed E-state index contributed by atoms with van der Waals surface area (Å²) in [5.74, 6) is -0.340. The van der Waals surface area contributed by atoms with Gasteiger partial charge in [-0.05, 0) is 48.7 Å². The first-order valence-electron chi connectivity index (χ1n) is 9.14. The zero-order valence-electron chi connectivity index (χ0n) is 15.8. The van der Waals surface area contributed by atoms with Gasteiger partial charge in [-0.1, -0.05) is 60.2 Å². The van der Waals surface area contributed by atoms with E-state index in [1.165, 1.54) is 11.1 Å². The molecule has 0 aliphatic rings. The van der Waals surface area contributed by atoms with Crippen molar-refractivity contribution in [3.63, 3.8) is 0 Å². The highest BCUT2D eigenvalue weighted by Gasteiger charge is 2.16. The summed E-state index contributed by atoms with van der Waals surface area (Å²) in [5, 5.41) is 2.90. The lowest BCUT2D eigenvalue weighted by molar-refractivity contribution is 0.0954. The van der Waals surface area contributed by atoms with E-state index in [0.717, 1.165) is 6.42 Å². The van der Waals surface area contributed by atoms with Gasteiger partial charge in [0.15, 0.2) is 9.84 Å². The highest BCUT2D eigenvalue weighted by molar-refractivity contribution is 7.90. The number of benzene rings is 3. The normalized spacial score (nSPS) is 11.2. The van der Waals surface area contributed by atoms with Crippen molar-refractivity contribution < 1.29 is 13.2 Å². The minimum Gasteiger partial charge on any atom is -0.352 e. The van der Waals surface area contributed by atoms with Gasteiger partial charge in [-0.25, -0.2) is 8.42 Å². The lowest BCUT2D eigenvalue weighted by Crippen LogP contribution is -2.25. The summed E-state index contributed by atoms with van der Waals surface area (Å²) in [5.41, 5.74) is 3.42. The van der Waals surface area contributed by atoms with Crippen LogP contribution in [0, 0.1) is 6.92 Å². The van der Waals surface area contributed by atoms with Gasteiger partial charge in [-0.3, -0.25) is 4.79 Å². The van der Waals surface area contributed by atoms with Crippen LogP contribution in [-0.2, 0) is 22.0 Å². The van der Waals surface area contributed by atoms with Crippen LogP contribution < -0.4 is 5.32 Å². The molecule has 0 fully saturated rings. The Kier molecular flexibility index (Phi) is 6.26. The number of hydrogen-bond donors (Lipinski definition) is 1. The van der Waals surface area contributed by atoms with E-state index in [-0.39, 0.29) is 16.6 Å². The highest BCUT2D eigenvalue weighted by Crippen LogP contribution is 2.17. The zero-order valence-corrected chi connectivity index (χ0v) is 16.6. The second-order valence-electron chi connectivity index (χ2n) is 6.77. The molecule has 144 valence electrons. The van der Waals surface area contributed by atoms with Crippen LogP contribution >= 0.6 is 0 Å². The SMILES string of the molecule is Cc1cccc(CCNC(=O)c2cccc(CS(=O)(=O)c3ccccc3)c2)c1. The fourth-order valence-electron chi connectivity index (χ4n) is 3.02. The van der Waals surface area contributed by atoms with Crippen LogP contribution in [0.15, 0.2) is 83.8 Å². The Labute approximate surface area is 166 Å². The molecule has 5 heteroatoms. The molecular formula is C23H23NO3S. The summed E-state index contributed by atoms with van der Waals surface area (Å²) in [6, 6.07) is 23.3. The molecule has 0 aliphatic carbocycles. The Morgan fingerprint density at radius 3 is 2.32 bits per heavy atom. The molecule has 0 heterocycles. The fourth-order valence-corrected chi connectivity index (χ4v) is 4.38. The van der Waals surface area contributed by atoms with Gasteiger partial charge in [0, 0.05) is 12.1 Å². The van der Waals surface area contributed by atoms with Gasteiger partial charge in [-0.2, -0.15) is 0 Å². The van der Waals surface area contributed by atoms with Crippen molar-refractivity contribution in [1.82, 2.24) is 5.32 Å². The Morgan fingerprint density at radius 2 is 1.57 bits per heavy atom. The maximum Gasteiger partial charge on any atom is 0.251 e. The molecule has 28 heavy (non-hydrogen) atoms. The monoisotopic (exact) mass is 393 g/mol. The molecule has 0 bridgehead atoms. The van der Waals surface area contributed by atoms with Crippen molar-refractivity contribution in [2.75, 3.05) is 6.54 Å². The molecule has 0 aliphatic heterocycles. The number of sulfone groups is 1. The summed E-state index contributed by atoms with van der Waals surface area (Å²) in [6.45, 7) is 2.56. The molecule has 1 N–H and O–H groups in total. The minimum atomic E-state index is -3.44. The third-order valence-corrected chi connectivity index (χ3v) is 6.13. The second kappa shape index (κ2) is 8.85. The molecule has 0 spiro atoms. The van der Waals surface area contributed by atoms with Crippen LogP contribution in [0.2, 0.25) is 0 Å². The smallest absolute Gasteiger partial charge is 0.251 e. The van der Waals surface area contributed by atoms with Gasteiger partial charge < -0.3 is 5.32 Å². The van der Waals surface area contributed by atoms with Crippen LogP contribution in [0.4, 0.5) is 0 Å². The maximum absolute atomic E-state index is 12.5. The van der Waals surface area contributed by atoms with Crippen molar-refractivity contribution in [3.05, 3.63) is 101 Å². The molecule has 3 aromatic carbocycles. The van der Waals surface area contributed by atoms with Crippen LogP contribution in [0.5, 0.6) is 0 Å². The third kappa shape index (κ3) is 5.30. The van der Waals surface area contributed by atoms with Crippen molar-refractivity contribution >= 4 is 15.7 Å². The van der Waals surface area contributed by atoms with Gasteiger partial charge in [0.05, 0.1) is 10.6 Å². The summed E-state index contributed by atoms with van der Waals surface area (Å²) >= 11 is 0. The number of rotatable bonds is 7. The van der Waals surface area contributed by atoms with E-state index in [4.69, 9.17) is 0 Å². The average molecular weight is 394 g/mol. The third-order valence-electron chi connectivity index (χ3n) is 4.43. The lowest BCUT2D eigenvalue weighted by Gasteiger charge is -2.08. The van der Waals surface area contributed by atoms with Gasteiger partial charge >= 0.3 is 0 Å². The highest BCUT2D eigenvalue weighted by atomic mass is 32.2. The first-order valence-corrected chi connectivity index (χ1v) is 10.8. The molecule has 0 unspecified atom stereocenters. The Balaban J connectivity index is 1.63. The first-order chi connectivity index (χ1) is 13.4. The van der Waals surface area contributed by atoms with Gasteiger partial charge in [0.2, 0.25) is 0 Å². The number of carbonyl (C=O) groups is 1. The van der Waals surface area contributed by atoms with Gasteiger partial charge in [0.1, 0.15) is 0 Å². The zero-order chi connectivity index (χ0) is 20.0. The Bertz CT molecular complexity index is 1060. The van der Waals surface area contributed by atoms with E-state index >= 15 is 0 Å². The van der Waals surface area contributed by atoms with E-state index < -0.39 is 9.84 Å². The predicted molar refractivity (Wildman–Crippen MR) is 111 cm³/mol. The molecule has 3 aromatic rings. The number of hydrogen-bond acceptors (Lipinski definition) is 3. The van der Waals surface area contributed by atoms with E-state index in [0.29, 0.717) is 17.7 Å². The van der Waals surface area contributed by atoms with Crippen LogP contribution in [0.1, 0.15) is 27.0 Å². The summed E-state index contributed by atoms with van der Waals surface area (Å²) in [4.78, 5) is 12.7. The molecule has 3 rings (SSSR count). The molecule has 0 aromatic heterocycles. The van der Waals surface area contributed by atoms with Crippen LogP contribution in [-0.4, -0.2) is 20.9 Å². The van der Waals surface area contributed by atoms with Crippen molar-refractivity contribution in [1.29, 1.82) is 0 Å². The van der Waals surface area contributed by atoms with Crippen molar-refractivity contribution in [2.45, 2.75) is 24.0 Å². The topological polar surface area (TPSA) is 63.2 Å². The molecule has 4 nitrogen and oxygen atoms in total. The molecule has 0 saturated carbocycles. The van der Waals surface area contributed by atoms with E-state index in [2.05, 4.69) is 11.4 Å². The van der Waals surface area contributed by atoms with E-state index in [1.54, 1.807) is 54.6 Å². The number of carbonyl (C=O) groups excluding carboxylic acids is 1. The maximum atomic E-state index is 12.5. The largest absolute Gasteiger partial charge is 0.352 e. The summed E-state index contributed by atoms with van der Waals surface area (Å²) in [6.07, 6.45) is 0.746. The number of aryl methyl sites for hydroxylation is 1.